The molecule has 108 valence electrons. The van der Waals surface area contributed by atoms with Crippen molar-refractivity contribution in [2.75, 3.05) is 20.3 Å². The van der Waals surface area contributed by atoms with E-state index in [-0.39, 0.29) is 0 Å². The molecule has 0 radical (unpaired) electrons. The number of benzene rings is 1. The monoisotopic (exact) mass is 272 g/mol. The highest BCUT2D eigenvalue weighted by Crippen LogP contribution is 2.20. The number of rotatable bonds is 8. The highest BCUT2D eigenvalue weighted by atomic mass is 16.5. The van der Waals surface area contributed by atoms with Crippen LogP contribution in [0.3, 0.4) is 0 Å². The number of nitrogens with one attached hydrogen (secondary N) is 1. The van der Waals surface area contributed by atoms with Crippen LogP contribution in [0.5, 0.6) is 0 Å². The first kappa shape index (κ1) is 14.8. The van der Waals surface area contributed by atoms with Crippen LogP contribution in [0.25, 0.3) is 0 Å². The lowest BCUT2D eigenvalue weighted by Gasteiger charge is -2.18. The molecule has 1 heterocycles. The third-order valence-corrected chi connectivity index (χ3v) is 3.57. The van der Waals surface area contributed by atoms with Gasteiger partial charge in [0.25, 0.3) is 0 Å². The molecular weight excluding hydrogens is 248 g/mol. The molecule has 0 unspecified atom stereocenters. The molecule has 1 atom stereocenters. The molecule has 0 aliphatic carbocycles. The summed E-state index contributed by atoms with van der Waals surface area (Å²) in [5, 5.41) is 3.47. The number of ether oxygens (including phenoxy) is 1. The molecular formula is C17H24N2O. The summed E-state index contributed by atoms with van der Waals surface area (Å²) >= 11 is 0. The zero-order valence-electron chi connectivity index (χ0n) is 12.4. The smallest absolute Gasteiger partial charge is 0.0555 e. The van der Waals surface area contributed by atoms with Gasteiger partial charge in [0.2, 0.25) is 0 Å². The van der Waals surface area contributed by atoms with Gasteiger partial charge in [0.15, 0.2) is 0 Å². The molecule has 0 aliphatic heterocycles. The molecule has 2 aromatic rings. The number of aromatic nitrogens is 1. The van der Waals surface area contributed by atoms with Gasteiger partial charge in [-0.1, -0.05) is 30.3 Å². The fourth-order valence-corrected chi connectivity index (χ4v) is 2.41. The molecule has 0 spiro atoms. The lowest BCUT2D eigenvalue weighted by molar-refractivity contribution is 0.194. The third-order valence-electron chi connectivity index (χ3n) is 3.57. The summed E-state index contributed by atoms with van der Waals surface area (Å²) in [4.78, 5) is 0. The van der Waals surface area contributed by atoms with Crippen molar-refractivity contribution in [1.82, 2.24) is 9.88 Å². The van der Waals surface area contributed by atoms with Crippen LogP contribution in [0.1, 0.15) is 30.6 Å². The van der Waals surface area contributed by atoms with Gasteiger partial charge in [-0.15, -0.1) is 0 Å². The first-order valence-corrected chi connectivity index (χ1v) is 7.23. The van der Waals surface area contributed by atoms with Crippen molar-refractivity contribution >= 4 is 0 Å². The standard InChI is InChI=1S/C17H24N2O/c1-15(16-8-4-3-5-9-16)19-12-6-10-17(19)14-18-11-7-13-20-2/h3-6,8-10,12,15,18H,7,11,13-14H2,1-2H3/t15-/m0/s1. The van der Waals surface area contributed by atoms with Crippen LogP contribution in [0.15, 0.2) is 48.7 Å². The van der Waals surface area contributed by atoms with Crippen LogP contribution >= 0.6 is 0 Å². The van der Waals surface area contributed by atoms with Crippen LogP contribution < -0.4 is 5.32 Å². The summed E-state index contributed by atoms with van der Waals surface area (Å²) in [5.74, 6) is 0. The predicted molar refractivity (Wildman–Crippen MR) is 82.9 cm³/mol. The minimum Gasteiger partial charge on any atom is -0.385 e. The maximum atomic E-state index is 5.05. The average Bonchev–Trinajstić information content (AvgIpc) is 2.95. The fraction of sp³-hybridized carbons (Fsp3) is 0.412. The molecule has 1 N–H and O–H groups in total. The number of methoxy groups -OCH3 is 1. The van der Waals surface area contributed by atoms with E-state index in [4.69, 9.17) is 4.74 Å². The maximum Gasteiger partial charge on any atom is 0.0555 e. The Hall–Kier alpha value is -1.58. The van der Waals surface area contributed by atoms with Gasteiger partial charge in [-0.25, -0.2) is 0 Å². The number of hydrogen-bond donors (Lipinski definition) is 1. The second-order valence-corrected chi connectivity index (χ2v) is 5.02. The maximum absolute atomic E-state index is 5.05. The van der Waals surface area contributed by atoms with Crippen LogP contribution in [0.4, 0.5) is 0 Å². The van der Waals surface area contributed by atoms with Gasteiger partial charge in [0, 0.05) is 32.2 Å². The topological polar surface area (TPSA) is 26.2 Å². The molecule has 0 amide bonds. The SMILES string of the molecule is COCCCNCc1cccn1[C@@H](C)c1ccccc1. The molecule has 1 aromatic heterocycles. The molecule has 0 saturated carbocycles. The van der Waals surface area contributed by atoms with Crippen molar-refractivity contribution in [3.63, 3.8) is 0 Å². The van der Waals surface area contributed by atoms with E-state index in [0.29, 0.717) is 6.04 Å². The van der Waals surface area contributed by atoms with E-state index in [2.05, 4.69) is 65.5 Å². The molecule has 0 bridgehead atoms. The fourth-order valence-electron chi connectivity index (χ4n) is 2.41. The van der Waals surface area contributed by atoms with Gasteiger partial charge in [-0.2, -0.15) is 0 Å². The van der Waals surface area contributed by atoms with E-state index in [1.807, 2.05) is 0 Å². The second kappa shape index (κ2) is 7.88. The van der Waals surface area contributed by atoms with Gasteiger partial charge < -0.3 is 14.6 Å². The molecule has 2 rings (SSSR count). The highest BCUT2D eigenvalue weighted by Gasteiger charge is 2.09. The van der Waals surface area contributed by atoms with E-state index in [9.17, 15) is 0 Å². The first-order chi connectivity index (χ1) is 9.83. The van der Waals surface area contributed by atoms with Gasteiger partial charge >= 0.3 is 0 Å². The third kappa shape index (κ3) is 3.95. The quantitative estimate of drug-likeness (QED) is 0.747. The summed E-state index contributed by atoms with van der Waals surface area (Å²) in [6.45, 7) is 4.94. The van der Waals surface area contributed by atoms with Crippen LogP contribution in [-0.4, -0.2) is 24.8 Å². The van der Waals surface area contributed by atoms with Crippen molar-refractivity contribution in [3.8, 4) is 0 Å². The largest absolute Gasteiger partial charge is 0.385 e. The van der Waals surface area contributed by atoms with Crippen LogP contribution in [0.2, 0.25) is 0 Å². The Morgan fingerprint density at radius 1 is 1.15 bits per heavy atom. The molecule has 0 fully saturated rings. The Balaban J connectivity index is 1.94. The zero-order valence-corrected chi connectivity index (χ0v) is 12.4. The number of hydrogen-bond acceptors (Lipinski definition) is 2. The Morgan fingerprint density at radius 3 is 2.70 bits per heavy atom. The average molecular weight is 272 g/mol. The van der Waals surface area contributed by atoms with Crippen LogP contribution in [-0.2, 0) is 11.3 Å². The summed E-state index contributed by atoms with van der Waals surface area (Å²) in [7, 11) is 1.74. The highest BCUT2D eigenvalue weighted by molar-refractivity contribution is 5.21. The van der Waals surface area contributed by atoms with Crippen molar-refractivity contribution < 1.29 is 4.74 Å². The predicted octanol–water partition coefficient (Wildman–Crippen LogP) is 3.22. The second-order valence-electron chi connectivity index (χ2n) is 5.02. The molecule has 3 heteroatoms. The van der Waals surface area contributed by atoms with Gasteiger partial charge in [-0.3, -0.25) is 0 Å². The number of nitrogens with zero attached hydrogens (tertiary/aromatic N) is 1. The van der Waals surface area contributed by atoms with E-state index in [1.54, 1.807) is 7.11 Å². The first-order valence-electron chi connectivity index (χ1n) is 7.23. The summed E-state index contributed by atoms with van der Waals surface area (Å²) in [6.07, 6.45) is 3.20. The van der Waals surface area contributed by atoms with Gasteiger partial charge in [-0.05, 0) is 37.6 Å². The van der Waals surface area contributed by atoms with Crippen LogP contribution in [0, 0.1) is 0 Å². The summed E-state index contributed by atoms with van der Waals surface area (Å²) in [5.41, 5.74) is 2.66. The molecule has 1 aromatic carbocycles. The van der Waals surface area contributed by atoms with Crippen molar-refractivity contribution in [3.05, 3.63) is 59.9 Å². The summed E-state index contributed by atoms with van der Waals surface area (Å²) < 4.78 is 7.39. The minimum atomic E-state index is 0.363. The zero-order chi connectivity index (χ0) is 14.2. The summed E-state index contributed by atoms with van der Waals surface area (Å²) in [6, 6.07) is 15.3. The van der Waals surface area contributed by atoms with Gasteiger partial charge in [0.05, 0.1) is 6.04 Å². The molecule has 0 saturated heterocycles. The Labute approximate surface area is 121 Å². The van der Waals surface area contributed by atoms with Crippen molar-refractivity contribution in [1.29, 1.82) is 0 Å². The Morgan fingerprint density at radius 2 is 1.95 bits per heavy atom. The lowest BCUT2D eigenvalue weighted by Crippen LogP contribution is -2.19. The molecule has 3 nitrogen and oxygen atoms in total. The van der Waals surface area contributed by atoms with Gasteiger partial charge in [0.1, 0.15) is 0 Å². The van der Waals surface area contributed by atoms with E-state index >= 15 is 0 Å². The van der Waals surface area contributed by atoms with E-state index < -0.39 is 0 Å². The van der Waals surface area contributed by atoms with E-state index in [1.165, 1.54) is 11.3 Å². The van der Waals surface area contributed by atoms with Crippen molar-refractivity contribution in [2.45, 2.75) is 25.9 Å². The van der Waals surface area contributed by atoms with E-state index in [0.717, 1.165) is 26.1 Å². The minimum absolute atomic E-state index is 0.363. The molecule has 0 aliphatic rings. The lowest BCUT2D eigenvalue weighted by atomic mass is 10.1. The van der Waals surface area contributed by atoms with Crippen molar-refractivity contribution in [2.24, 2.45) is 0 Å². The Bertz CT molecular complexity index is 493. The Kier molecular flexibility index (Phi) is 5.84. The molecule has 20 heavy (non-hydrogen) atoms. The normalized spacial score (nSPS) is 12.5.